The fourth-order valence-corrected chi connectivity index (χ4v) is 5.14. The minimum atomic E-state index is -0.798. The number of nitrogens with zero attached hydrogens (tertiary/aromatic N) is 1. The maximum atomic E-state index is 13.9. The van der Waals surface area contributed by atoms with Crippen LogP contribution in [0.3, 0.4) is 0 Å². The number of para-hydroxylation sites is 1. The van der Waals surface area contributed by atoms with Crippen LogP contribution in [0.5, 0.6) is 11.5 Å². The molecule has 2 heterocycles. The van der Waals surface area contributed by atoms with Crippen molar-refractivity contribution in [1.82, 2.24) is 10.2 Å². The smallest absolute Gasteiger partial charge is 0.253 e. The second-order valence-electron chi connectivity index (χ2n) is 11.8. The lowest BCUT2D eigenvalue weighted by atomic mass is 9.77. The van der Waals surface area contributed by atoms with Gasteiger partial charge >= 0.3 is 0 Å². The summed E-state index contributed by atoms with van der Waals surface area (Å²) in [6, 6.07) is 15.1. The van der Waals surface area contributed by atoms with Crippen molar-refractivity contribution in [3.8, 4) is 11.5 Å². The third kappa shape index (κ3) is 9.55. The van der Waals surface area contributed by atoms with Crippen LogP contribution in [0, 0.1) is 5.92 Å². The molecule has 0 radical (unpaired) electrons. The van der Waals surface area contributed by atoms with E-state index in [2.05, 4.69) is 16.7 Å². The molecule has 1 fully saturated rings. The van der Waals surface area contributed by atoms with E-state index in [-0.39, 0.29) is 24.6 Å². The predicted octanol–water partition coefficient (Wildman–Crippen LogP) is 6.70. The number of benzene rings is 2. The Bertz CT molecular complexity index is 1370. The van der Waals surface area contributed by atoms with Crippen LogP contribution < -0.4 is 25.8 Å². The highest BCUT2D eigenvalue weighted by Crippen LogP contribution is 2.39. The molecule has 8 nitrogen and oxygen atoms in total. The molecule has 3 aliphatic rings. The number of nitrogens with one attached hydrogen (secondary N) is 2. The summed E-state index contributed by atoms with van der Waals surface area (Å²) in [6.45, 7) is 14.5. The molecule has 4 N–H and O–H groups in total. The van der Waals surface area contributed by atoms with Gasteiger partial charge in [0, 0.05) is 29.9 Å². The molecule has 5 rings (SSSR count). The third-order valence-corrected chi connectivity index (χ3v) is 8.29. The lowest BCUT2D eigenvalue weighted by Gasteiger charge is -2.35. The van der Waals surface area contributed by atoms with Crippen molar-refractivity contribution >= 4 is 23.1 Å². The Kier molecular flexibility index (Phi) is 13.4. The number of carbonyl (C=O) groups excluding carboxylic acids is 2. The standard InChI is InChI=1S/C31H37N3O4.C4H9N.C2H6/c1-6-21(3)34(5)30(36)25(16-20(2)29(35)33-24-10-8-7-9-11-24)26-17-23(14-15-31(26,4)32)22-12-13-27-28(18-22)38-19-37-27;1-2-4-5-3-1;1-2/h7-14,16-18,20-21H,6,15,19,32H2,1-5H3,(H,33,35);5H,1-4H2;1-2H3/b25-16+;;/t20?,21-,31?;;/m1../s1. The van der Waals surface area contributed by atoms with Crippen LogP contribution in [0.2, 0.25) is 0 Å². The summed E-state index contributed by atoms with van der Waals surface area (Å²) in [5, 5.41) is 6.16. The van der Waals surface area contributed by atoms with Crippen LogP contribution in [0.4, 0.5) is 5.69 Å². The highest BCUT2D eigenvalue weighted by molar-refractivity contribution is 6.02. The first-order valence-corrected chi connectivity index (χ1v) is 16.3. The zero-order valence-electron chi connectivity index (χ0n) is 28.1. The van der Waals surface area contributed by atoms with Gasteiger partial charge in [-0.05, 0) is 99.7 Å². The first kappa shape index (κ1) is 35.6. The van der Waals surface area contributed by atoms with Gasteiger partial charge < -0.3 is 30.7 Å². The fraction of sp³-hybridized carbons (Fsp3) is 0.459. The number of anilines is 1. The number of amides is 2. The number of rotatable bonds is 8. The first-order valence-electron chi connectivity index (χ1n) is 16.3. The molecule has 0 spiro atoms. The Morgan fingerprint density at radius 3 is 2.36 bits per heavy atom. The van der Waals surface area contributed by atoms with Crippen molar-refractivity contribution in [3.63, 3.8) is 0 Å². The van der Waals surface area contributed by atoms with Crippen molar-refractivity contribution in [2.24, 2.45) is 11.7 Å². The van der Waals surface area contributed by atoms with Crippen LogP contribution in [0.25, 0.3) is 5.57 Å². The molecule has 2 unspecified atom stereocenters. The number of hydrogen-bond donors (Lipinski definition) is 3. The average molecular weight is 617 g/mol. The largest absolute Gasteiger partial charge is 0.454 e. The molecule has 244 valence electrons. The van der Waals surface area contributed by atoms with E-state index in [9.17, 15) is 9.59 Å². The Balaban J connectivity index is 0.000000706. The van der Waals surface area contributed by atoms with Gasteiger partial charge in [0.15, 0.2) is 11.5 Å². The second-order valence-corrected chi connectivity index (χ2v) is 11.8. The average Bonchev–Trinajstić information content (AvgIpc) is 3.79. The molecule has 1 saturated heterocycles. The van der Waals surface area contributed by atoms with Gasteiger partial charge in [0.05, 0.1) is 5.92 Å². The Morgan fingerprint density at radius 1 is 1.07 bits per heavy atom. The van der Waals surface area contributed by atoms with Crippen LogP contribution in [0.1, 0.15) is 72.8 Å². The number of carbonyl (C=O) groups is 2. The molecule has 2 amide bonds. The third-order valence-electron chi connectivity index (χ3n) is 8.29. The zero-order valence-corrected chi connectivity index (χ0v) is 28.1. The maximum absolute atomic E-state index is 13.9. The van der Waals surface area contributed by atoms with Crippen molar-refractivity contribution in [1.29, 1.82) is 0 Å². The van der Waals surface area contributed by atoms with E-state index in [1.807, 2.05) is 89.2 Å². The first-order chi connectivity index (χ1) is 21.6. The van der Waals surface area contributed by atoms with Crippen molar-refractivity contribution < 1.29 is 19.1 Å². The molecule has 2 aromatic rings. The number of nitrogens with two attached hydrogens (primary N) is 1. The van der Waals surface area contributed by atoms with E-state index in [1.54, 1.807) is 24.9 Å². The molecule has 2 aliphatic heterocycles. The van der Waals surface area contributed by atoms with Crippen molar-refractivity contribution in [2.75, 3.05) is 32.2 Å². The molecule has 3 atom stereocenters. The molecular formula is C37H52N4O4. The van der Waals surface area contributed by atoms with Crippen LogP contribution >= 0.6 is 0 Å². The summed E-state index contributed by atoms with van der Waals surface area (Å²) in [7, 11) is 1.80. The van der Waals surface area contributed by atoms with Crippen LogP contribution in [-0.2, 0) is 9.59 Å². The van der Waals surface area contributed by atoms with E-state index >= 15 is 0 Å². The molecule has 2 aromatic carbocycles. The Morgan fingerprint density at radius 2 is 1.73 bits per heavy atom. The number of likely N-dealkylation sites (N-methyl/N-ethyl adjacent to an activating group) is 1. The SMILES string of the molecule is C1CCNC1.CC.CC[C@@H](C)N(C)C(=O)/C(=C/C(C)C(=O)Nc1ccccc1)C1=CC(c2ccc3c(c2)OCO3)=CCC1(C)N. The second kappa shape index (κ2) is 17.0. The number of fused-ring (bicyclic) bond motifs is 1. The fourth-order valence-electron chi connectivity index (χ4n) is 5.14. The summed E-state index contributed by atoms with van der Waals surface area (Å²) in [4.78, 5) is 28.7. The minimum absolute atomic E-state index is 0.0245. The maximum Gasteiger partial charge on any atom is 0.253 e. The monoisotopic (exact) mass is 616 g/mol. The van der Waals surface area contributed by atoms with Gasteiger partial charge in [-0.2, -0.15) is 0 Å². The highest BCUT2D eigenvalue weighted by atomic mass is 16.7. The molecule has 8 heteroatoms. The topological polar surface area (TPSA) is 106 Å². The number of ether oxygens (including phenoxy) is 2. The van der Waals surface area contributed by atoms with Gasteiger partial charge in [-0.3, -0.25) is 9.59 Å². The molecular weight excluding hydrogens is 564 g/mol. The van der Waals surface area contributed by atoms with Crippen molar-refractivity contribution in [2.45, 2.75) is 78.8 Å². The quantitative estimate of drug-likeness (QED) is 0.285. The summed E-state index contributed by atoms with van der Waals surface area (Å²) in [5.74, 6) is 0.468. The summed E-state index contributed by atoms with van der Waals surface area (Å²) >= 11 is 0. The Hall–Kier alpha value is -3.88. The van der Waals surface area contributed by atoms with E-state index in [1.165, 1.54) is 25.9 Å². The van der Waals surface area contributed by atoms with Gasteiger partial charge in [0.2, 0.25) is 12.7 Å². The normalized spacial score (nSPS) is 19.9. The molecule has 1 aliphatic carbocycles. The van der Waals surface area contributed by atoms with Gasteiger partial charge in [-0.25, -0.2) is 0 Å². The number of hydrogen-bond acceptors (Lipinski definition) is 6. The van der Waals surface area contributed by atoms with Crippen molar-refractivity contribution in [3.05, 3.63) is 83.5 Å². The van der Waals surface area contributed by atoms with Gasteiger partial charge in [0.25, 0.3) is 5.91 Å². The Labute approximate surface area is 269 Å². The van der Waals surface area contributed by atoms with Gasteiger partial charge in [0.1, 0.15) is 0 Å². The van der Waals surface area contributed by atoms with E-state index in [0.717, 1.165) is 17.6 Å². The highest BCUT2D eigenvalue weighted by Gasteiger charge is 2.34. The molecule has 0 saturated carbocycles. The summed E-state index contributed by atoms with van der Waals surface area (Å²) in [6.07, 6.45) is 9.91. The molecule has 0 aromatic heterocycles. The number of allylic oxidation sites excluding steroid dienone is 2. The lowest BCUT2D eigenvalue weighted by molar-refractivity contribution is -0.127. The van der Waals surface area contributed by atoms with Crippen LogP contribution in [-0.4, -0.2) is 55.2 Å². The molecule has 0 bridgehead atoms. The predicted molar refractivity (Wildman–Crippen MR) is 184 cm³/mol. The lowest BCUT2D eigenvalue weighted by Crippen LogP contribution is -2.44. The zero-order chi connectivity index (χ0) is 33.0. The summed E-state index contributed by atoms with van der Waals surface area (Å²) in [5.41, 5.74) is 9.74. The van der Waals surface area contributed by atoms with E-state index in [4.69, 9.17) is 15.2 Å². The van der Waals surface area contributed by atoms with Gasteiger partial charge in [-0.1, -0.05) is 64.1 Å². The van der Waals surface area contributed by atoms with Gasteiger partial charge in [-0.15, -0.1) is 0 Å². The van der Waals surface area contributed by atoms with E-state index < -0.39 is 11.5 Å². The summed E-state index contributed by atoms with van der Waals surface area (Å²) < 4.78 is 11.0. The van der Waals surface area contributed by atoms with Crippen LogP contribution in [0.15, 0.2) is 77.9 Å². The molecule has 45 heavy (non-hydrogen) atoms. The minimum Gasteiger partial charge on any atom is -0.454 e. The van der Waals surface area contributed by atoms with E-state index in [0.29, 0.717) is 34.8 Å².